The molecule has 0 spiro atoms. The average Bonchev–Trinajstić information content (AvgIpc) is 2.62. The van der Waals surface area contributed by atoms with Gasteiger partial charge in [0.05, 0.1) is 5.02 Å². The van der Waals surface area contributed by atoms with E-state index in [-0.39, 0.29) is 5.97 Å². The lowest BCUT2D eigenvalue weighted by Gasteiger charge is -2.20. The van der Waals surface area contributed by atoms with Gasteiger partial charge in [0, 0.05) is 33.0 Å². The van der Waals surface area contributed by atoms with Crippen LogP contribution < -0.4 is 4.74 Å². The van der Waals surface area contributed by atoms with Crippen molar-refractivity contribution in [2.75, 3.05) is 27.2 Å². The van der Waals surface area contributed by atoms with Gasteiger partial charge in [-0.25, -0.2) is 0 Å². The van der Waals surface area contributed by atoms with Crippen molar-refractivity contribution in [1.29, 1.82) is 0 Å². The zero-order chi connectivity index (χ0) is 16.7. The Morgan fingerprint density at radius 3 is 2.82 bits per heavy atom. The number of aliphatic hydroxyl groups excluding tert-OH is 1. The summed E-state index contributed by atoms with van der Waals surface area (Å²) in [7, 11) is 3.12. The third kappa shape index (κ3) is 4.83. The summed E-state index contributed by atoms with van der Waals surface area (Å²) >= 11 is 6.21. The molecule has 1 aromatic carbocycles. The Labute approximate surface area is 137 Å². The fourth-order valence-corrected chi connectivity index (χ4v) is 2.94. The number of carbonyl (C=O) groups excluding carboxylic acids is 1. The largest absolute Gasteiger partial charge is 0.425 e. The number of aliphatic hydroxyl groups is 1. The van der Waals surface area contributed by atoms with Crippen LogP contribution in [0.3, 0.4) is 0 Å². The van der Waals surface area contributed by atoms with Crippen LogP contribution in [0, 0.1) is 0 Å². The molecule has 1 aliphatic heterocycles. The zero-order valence-corrected chi connectivity index (χ0v) is 14.2. The molecule has 0 aromatic heterocycles. The van der Waals surface area contributed by atoms with Crippen molar-refractivity contribution >= 4 is 17.6 Å². The highest BCUT2D eigenvalue weighted by atomic mass is 35.5. The smallest absolute Gasteiger partial charge is 0.308 e. The lowest BCUT2D eigenvalue weighted by atomic mass is 9.91. The summed E-state index contributed by atoms with van der Waals surface area (Å²) in [6.45, 7) is 7.20. The molecular formula is C17H24ClNO3. The predicted molar refractivity (Wildman–Crippen MR) is 89.7 cm³/mol. The molecule has 1 atom stereocenters. The number of esters is 1. The normalized spacial score (nSPS) is 17.6. The highest BCUT2D eigenvalue weighted by Gasteiger charge is 2.22. The number of hydrogen-bond donors (Lipinski definition) is 1. The fourth-order valence-electron chi connectivity index (χ4n) is 2.72. The van der Waals surface area contributed by atoms with Gasteiger partial charge in [-0.05, 0) is 43.1 Å². The van der Waals surface area contributed by atoms with Gasteiger partial charge in [0.1, 0.15) is 5.75 Å². The summed E-state index contributed by atoms with van der Waals surface area (Å²) in [5, 5.41) is 7.50. The molecule has 0 saturated heterocycles. The quantitative estimate of drug-likeness (QED) is 0.527. The number of nitrogens with zero attached hydrogens (tertiary/aromatic N) is 1. The number of likely N-dealkylation sites (N-methyl/N-ethyl adjacent to an activating group) is 1. The Kier molecular flexibility index (Phi) is 7.59. The Morgan fingerprint density at radius 1 is 1.55 bits per heavy atom. The van der Waals surface area contributed by atoms with Crippen molar-refractivity contribution in [2.45, 2.75) is 25.7 Å². The van der Waals surface area contributed by atoms with E-state index in [1.165, 1.54) is 18.1 Å². The first-order chi connectivity index (χ1) is 10.5. The predicted octanol–water partition coefficient (Wildman–Crippen LogP) is 3.02. The molecule has 0 amide bonds. The van der Waals surface area contributed by atoms with Gasteiger partial charge in [0.25, 0.3) is 0 Å². The summed E-state index contributed by atoms with van der Waals surface area (Å²) in [5.74, 6) is 0.468. The monoisotopic (exact) mass is 325 g/mol. The van der Waals surface area contributed by atoms with Gasteiger partial charge >= 0.3 is 5.97 Å². The van der Waals surface area contributed by atoms with Crippen LogP contribution >= 0.6 is 11.6 Å². The van der Waals surface area contributed by atoms with Gasteiger partial charge in [0.15, 0.2) is 0 Å². The zero-order valence-electron chi connectivity index (χ0n) is 13.4. The fraction of sp³-hybridized carbons (Fsp3) is 0.471. The van der Waals surface area contributed by atoms with Gasteiger partial charge in [-0.1, -0.05) is 17.7 Å². The molecule has 1 heterocycles. The molecule has 0 aliphatic carbocycles. The Bertz CT molecular complexity index is 531. The minimum Gasteiger partial charge on any atom is -0.425 e. The molecule has 0 bridgehead atoms. The average molecular weight is 326 g/mol. The van der Waals surface area contributed by atoms with E-state index in [2.05, 4.69) is 18.5 Å². The van der Waals surface area contributed by atoms with E-state index in [1.54, 1.807) is 0 Å². The molecule has 22 heavy (non-hydrogen) atoms. The first kappa shape index (κ1) is 18.7. The van der Waals surface area contributed by atoms with Crippen molar-refractivity contribution in [3.8, 4) is 5.75 Å². The van der Waals surface area contributed by atoms with Crippen LogP contribution in [0.15, 0.2) is 24.8 Å². The Balaban J connectivity index is 0.00000116. The van der Waals surface area contributed by atoms with E-state index in [9.17, 15) is 4.79 Å². The van der Waals surface area contributed by atoms with Gasteiger partial charge in [-0.15, -0.1) is 6.58 Å². The molecule has 0 radical (unpaired) electrons. The van der Waals surface area contributed by atoms with Crippen LogP contribution in [-0.2, 0) is 11.2 Å². The third-order valence-corrected chi connectivity index (χ3v) is 3.93. The number of benzene rings is 1. The molecule has 1 unspecified atom stereocenters. The Hall–Kier alpha value is -1.36. The summed E-state index contributed by atoms with van der Waals surface area (Å²) in [4.78, 5) is 13.5. The van der Waals surface area contributed by atoms with E-state index >= 15 is 0 Å². The van der Waals surface area contributed by atoms with Crippen LogP contribution in [0.1, 0.15) is 30.4 Å². The van der Waals surface area contributed by atoms with Crippen molar-refractivity contribution in [3.05, 3.63) is 40.9 Å². The lowest BCUT2D eigenvalue weighted by Crippen LogP contribution is -2.23. The molecule has 1 aliphatic rings. The molecular weight excluding hydrogens is 302 g/mol. The number of allylic oxidation sites excluding steroid dienone is 1. The molecule has 122 valence electrons. The summed E-state index contributed by atoms with van der Waals surface area (Å²) in [6, 6.07) is 3.86. The summed E-state index contributed by atoms with van der Waals surface area (Å²) < 4.78 is 5.19. The first-order valence-corrected chi connectivity index (χ1v) is 7.64. The number of ether oxygens (including phenoxy) is 1. The van der Waals surface area contributed by atoms with Crippen LogP contribution in [0.5, 0.6) is 5.75 Å². The second-order valence-corrected chi connectivity index (χ2v) is 5.72. The lowest BCUT2D eigenvalue weighted by molar-refractivity contribution is -0.131. The molecule has 2 rings (SSSR count). The van der Waals surface area contributed by atoms with Crippen molar-refractivity contribution in [3.63, 3.8) is 0 Å². The number of carbonyl (C=O) groups is 1. The van der Waals surface area contributed by atoms with E-state index in [1.807, 2.05) is 18.2 Å². The second-order valence-electron chi connectivity index (χ2n) is 5.31. The number of rotatable bonds is 3. The minimum atomic E-state index is -0.349. The molecule has 1 aromatic rings. The van der Waals surface area contributed by atoms with Gasteiger partial charge < -0.3 is 14.7 Å². The standard InChI is InChI=1S/C16H20ClNO2.CH4O/c1-4-5-13-10-18(3)7-6-12-8-15(17)16(9-14(12)13)20-11(2)19;1-2/h4,8-9,13H,1,5-7,10H2,2-3H3;2H,1H3. The third-order valence-electron chi connectivity index (χ3n) is 3.63. The van der Waals surface area contributed by atoms with E-state index in [0.717, 1.165) is 33.0 Å². The van der Waals surface area contributed by atoms with Crippen LogP contribution in [0.25, 0.3) is 0 Å². The minimum absolute atomic E-state index is 0.349. The van der Waals surface area contributed by atoms with Crippen LogP contribution in [-0.4, -0.2) is 43.2 Å². The number of fused-ring (bicyclic) bond motifs is 1. The van der Waals surface area contributed by atoms with Crippen molar-refractivity contribution < 1.29 is 14.6 Å². The van der Waals surface area contributed by atoms with Crippen LogP contribution in [0.4, 0.5) is 0 Å². The first-order valence-electron chi connectivity index (χ1n) is 7.26. The maximum Gasteiger partial charge on any atom is 0.308 e. The van der Waals surface area contributed by atoms with E-state index < -0.39 is 0 Å². The molecule has 0 saturated carbocycles. The molecule has 1 N–H and O–H groups in total. The maximum atomic E-state index is 11.2. The highest BCUT2D eigenvalue weighted by molar-refractivity contribution is 6.32. The second kappa shape index (κ2) is 8.93. The summed E-state index contributed by atoms with van der Waals surface area (Å²) in [6.07, 6.45) is 3.80. The van der Waals surface area contributed by atoms with Crippen LogP contribution in [0.2, 0.25) is 5.02 Å². The topological polar surface area (TPSA) is 49.8 Å². The molecule has 0 fully saturated rings. The van der Waals surface area contributed by atoms with E-state index in [0.29, 0.717) is 16.7 Å². The molecule has 4 nitrogen and oxygen atoms in total. The van der Waals surface area contributed by atoms with Gasteiger partial charge in [-0.2, -0.15) is 0 Å². The van der Waals surface area contributed by atoms with E-state index in [4.69, 9.17) is 21.4 Å². The molecule has 5 heteroatoms. The Morgan fingerprint density at radius 2 is 2.23 bits per heavy atom. The number of hydrogen-bond acceptors (Lipinski definition) is 4. The van der Waals surface area contributed by atoms with Crippen molar-refractivity contribution in [2.24, 2.45) is 0 Å². The van der Waals surface area contributed by atoms with Gasteiger partial charge in [-0.3, -0.25) is 4.79 Å². The van der Waals surface area contributed by atoms with Gasteiger partial charge in [0.2, 0.25) is 0 Å². The highest BCUT2D eigenvalue weighted by Crippen LogP contribution is 2.35. The number of halogens is 1. The SMILES string of the molecule is C=CCC1CN(C)CCc2cc(Cl)c(OC(C)=O)cc21.CO. The maximum absolute atomic E-state index is 11.2. The van der Waals surface area contributed by atoms with Crippen molar-refractivity contribution in [1.82, 2.24) is 4.90 Å². The summed E-state index contributed by atoms with van der Waals surface area (Å²) in [5.41, 5.74) is 2.46.